The minimum atomic E-state index is -0.0579. The van der Waals surface area contributed by atoms with Crippen LogP contribution in [0.1, 0.15) is 47.7 Å². The Morgan fingerprint density at radius 2 is 2.04 bits per heavy atom. The summed E-state index contributed by atoms with van der Waals surface area (Å²) in [4.78, 5) is 18.5. The summed E-state index contributed by atoms with van der Waals surface area (Å²) in [5.74, 6) is 0.627. The van der Waals surface area contributed by atoms with Gasteiger partial charge in [0.15, 0.2) is 0 Å². The van der Waals surface area contributed by atoms with Crippen molar-refractivity contribution >= 4 is 17.2 Å². The van der Waals surface area contributed by atoms with E-state index in [1.807, 2.05) is 10.3 Å². The van der Waals surface area contributed by atoms with Crippen LogP contribution in [-0.2, 0) is 4.74 Å². The van der Waals surface area contributed by atoms with Crippen molar-refractivity contribution in [3.63, 3.8) is 0 Å². The van der Waals surface area contributed by atoms with Crippen molar-refractivity contribution < 1.29 is 9.53 Å². The van der Waals surface area contributed by atoms with E-state index in [1.54, 1.807) is 5.51 Å². The maximum absolute atomic E-state index is 12.4. The molecule has 4 rings (SSSR count). The normalized spacial score (nSPS) is 23.3. The highest BCUT2D eigenvalue weighted by Crippen LogP contribution is 2.41. The van der Waals surface area contributed by atoms with Crippen LogP contribution in [0.3, 0.4) is 0 Å². The molecule has 0 aliphatic carbocycles. The molecule has 1 aromatic carbocycles. The van der Waals surface area contributed by atoms with E-state index in [0.717, 1.165) is 45.4 Å². The minimum Gasteiger partial charge on any atom is -0.375 e. The topological polar surface area (TPSA) is 42.4 Å². The van der Waals surface area contributed by atoms with Crippen molar-refractivity contribution in [2.75, 3.05) is 19.7 Å². The number of thiazole rings is 1. The van der Waals surface area contributed by atoms with Crippen molar-refractivity contribution in [1.29, 1.82) is 0 Å². The minimum absolute atomic E-state index is 0.0570. The van der Waals surface area contributed by atoms with E-state index >= 15 is 0 Å². The summed E-state index contributed by atoms with van der Waals surface area (Å²) in [6.45, 7) is 2.34. The first-order valence-electron chi connectivity index (χ1n) is 8.62. The van der Waals surface area contributed by atoms with Gasteiger partial charge in [0.05, 0.1) is 11.1 Å². The van der Waals surface area contributed by atoms with E-state index in [1.165, 1.54) is 16.9 Å². The van der Waals surface area contributed by atoms with Gasteiger partial charge in [-0.1, -0.05) is 30.3 Å². The molecule has 1 atom stereocenters. The van der Waals surface area contributed by atoms with Gasteiger partial charge in [0.2, 0.25) is 0 Å². The molecule has 0 bridgehead atoms. The van der Waals surface area contributed by atoms with Crippen molar-refractivity contribution in [2.24, 2.45) is 0 Å². The molecular formula is C19H22N2O2S. The van der Waals surface area contributed by atoms with Crippen molar-refractivity contribution in [1.82, 2.24) is 9.88 Å². The Hall–Kier alpha value is -1.72. The molecule has 0 saturated carbocycles. The lowest BCUT2D eigenvalue weighted by atomic mass is 9.77. The van der Waals surface area contributed by atoms with Gasteiger partial charge in [0, 0.05) is 25.1 Å². The summed E-state index contributed by atoms with van der Waals surface area (Å²) in [5.41, 5.74) is 3.65. The molecule has 2 aliphatic heterocycles. The smallest absolute Gasteiger partial charge is 0.273 e. The summed E-state index contributed by atoms with van der Waals surface area (Å²) in [6.07, 6.45) is 4.00. The van der Waals surface area contributed by atoms with Crippen LogP contribution in [0.5, 0.6) is 0 Å². The van der Waals surface area contributed by atoms with Crippen LogP contribution in [0.2, 0.25) is 0 Å². The van der Waals surface area contributed by atoms with Gasteiger partial charge in [-0.15, -0.1) is 11.3 Å². The number of hydrogen-bond acceptors (Lipinski definition) is 4. The molecule has 1 amide bonds. The lowest BCUT2D eigenvalue weighted by molar-refractivity contribution is -0.113. The fraction of sp³-hybridized carbons (Fsp3) is 0.474. The van der Waals surface area contributed by atoms with Crippen LogP contribution in [0.25, 0.3) is 0 Å². The summed E-state index contributed by atoms with van der Waals surface area (Å²) in [6, 6.07) is 10.8. The summed E-state index contributed by atoms with van der Waals surface area (Å²) in [5, 5.41) is 1.83. The first-order valence-corrected chi connectivity index (χ1v) is 9.56. The molecule has 0 unspecified atom stereocenters. The lowest BCUT2D eigenvalue weighted by Gasteiger charge is -2.46. The molecule has 2 fully saturated rings. The van der Waals surface area contributed by atoms with Gasteiger partial charge < -0.3 is 9.64 Å². The Balaban J connectivity index is 1.41. The molecule has 24 heavy (non-hydrogen) atoms. The number of amides is 1. The molecule has 1 aromatic heterocycles. The quantitative estimate of drug-likeness (QED) is 0.835. The average molecular weight is 342 g/mol. The van der Waals surface area contributed by atoms with E-state index in [2.05, 4.69) is 35.3 Å². The Kier molecular flexibility index (Phi) is 4.37. The molecule has 0 N–H and O–H groups in total. The fourth-order valence-electron chi connectivity index (χ4n) is 3.98. The molecule has 0 radical (unpaired) electrons. The third-order valence-corrected chi connectivity index (χ3v) is 5.96. The van der Waals surface area contributed by atoms with Gasteiger partial charge in [-0.2, -0.15) is 0 Å². The number of ether oxygens (including phenoxy) is 1. The van der Waals surface area contributed by atoms with Crippen LogP contribution >= 0.6 is 11.3 Å². The highest BCUT2D eigenvalue weighted by Gasteiger charge is 2.41. The molecule has 2 saturated heterocycles. The van der Waals surface area contributed by atoms with Gasteiger partial charge in [-0.25, -0.2) is 4.98 Å². The Morgan fingerprint density at radius 1 is 1.25 bits per heavy atom. The standard InChI is InChI=1S/C19H22N2O2S/c22-18(17-13-24-14-20-17)21-9-7-19(8-10-21)12-16(6-11-23-19)15-4-2-1-3-5-15/h1-5,13-14,16H,6-12H2/t16-/m0/s1. The number of carbonyl (C=O) groups is 1. The molecule has 5 heteroatoms. The SMILES string of the molecule is O=C(c1cscn1)N1CCC2(CC1)C[C@@H](c1ccccc1)CCO2. The fourth-order valence-corrected chi connectivity index (χ4v) is 4.51. The van der Waals surface area contributed by atoms with Gasteiger partial charge >= 0.3 is 0 Å². The summed E-state index contributed by atoms with van der Waals surface area (Å²) < 4.78 is 6.23. The van der Waals surface area contributed by atoms with Crippen molar-refractivity contribution in [3.8, 4) is 0 Å². The monoisotopic (exact) mass is 342 g/mol. The number of aromatic nitrogens is 1. The van der Waals surface area contributed by atoms with Crippen molar-refractivity contribution in [2.45, 2.75) is 37.2 Å². The molecule has 1 spiro atoms. The summed E-state index contributed by atoms with van der Waals surface area (Å²) in [7, 11) is 0. The van der Waals surface area contributed by atoms with Crippen molar-refractivity contribution in [3.05, 3.63) is 52.5 Å². The van der Waals surface area contributed by atoms with Crippen LogP contribution in [0, 0.1) is 0 Å². The van der Waals surface area contributed by atoms with Gasteiger partial charge in [0.1, 0.15) is 5.69 Å². The highest BCUT2D eigenvalue weighted by atomic mass is 32.1. The first-order chi connectivity index (χ1) is 11.8. The number of benzene rings is 1. The Labute approximate surface area is 146 Å². The second kappa shape index (κ2) is 6.65. The third kappa shape index (κ3) is 3.10. The number of nitrogens with zero attached hydrogens (tertiary/aromatic N) is 2. The average Bonchev–Trinajstić information content (AvgIpc) is 3.17. The second-order valence-corrected chi connectivity index (χ2v) is 7.52. The van der Waals surface area contributed by atoms with Crippen LogP contribution in [-0.4, -0.2) is 41.1 Å². The zero-order chi connectivity index (χ0) is 16.4. The van der Waals surface area contributed by atoms with E-state index in [4.69, 9.17) is 4.74 Å². The van der Waals surface area contributed by atoms with Gasteiger partial charge in [-0.05, 0) is 37.2 Å². The highest BCUT2D eigenvalue weighted by molar-refractivity contribution is 7.07. The van der Waals surface area contributed by atoms with E-state index in [-0.39, 0.29) is 11.5 Å². The number of carbonyl (C=O) groups excluding carboxylic acids is 1. The summed E-state index contributed by atoms with van der Waals surface area (Å²) >= 11 is 1.47. The molecule has 2 aromatic rings. The zero-order valence-electron chi connectivity index (χ0n) is 13.7. The van der Waals surface area contributed by atoms with Gasteiger partial charge in [0.25, 0.3) is 5.91 Å². The molecule has 2 aliphatic rings. The van der Waals surface area contributed by atoms with E-state index in [9.17, 15) is 4.79 Å². The third-order valence-electron chi connectivity index (χ3n) is 5.38. The zero-order valence-corrected chi connectivity index (χ0v) is 14.5. The predicted octanol–water partition coefficient (Wildman–Crippen LogP) is 3.71. The maximum atomic E-state index is 12.4. The van der Waals surface area contributed by atoms with E-state index in [0.29, 0.717) is 11.6 Å². The molecule has 126 valence electrons. The number of likely N-dealkylation sites (tertiary alicyclic amines) is 1. The molecule has 3 heterocycles. The Morgan fingerprint density at radius 3 is 2.75 bits per heavy atom. The number of piperidine rings is 1. The predicted molar refractivity (Wildman–Crippen MR) is 94.4 cm³/mol. The largest absolute Gasteiger partial charge is 0.375 e. The number of rotatable bonds is 2. The molecular weight excluding hydrogens is 320 g/mol. The number of hydrogen-bond donors (Lipinski definition) is 0. The van der Waals surface area contributed by atoms with Crippen LogP contribution in [0.15, 0.2) is 41.2 Å². The second-order valence-electron chi connectivity index (χ2n) is 6.80. The maximum Gasteiger partial charge on any atom is 0.273 e. The van der Waals surface area contributed by atoms with Crippen LogP contribution in [0.4, 0.5) is 0 Å². The van der Waals surface area contributed by atoms with Crippen LogP contribution < -0.4 is 0 Å². The van der Waals surface area contributed by atoms with Gasteiger partial charge in [-0.3, -0.25) is 4.79 Å². The Bertz CT molecular complexity index is 679. The lowest BCUT2D eigenvalue weighted by Crippen LogP contribution is -2.50. The molecule has 4 nitrogen and oxygen atoms in total. The van der Waals surface area contributed by atoms with E-state index < -0.39 is 0 Å². The first kappa shape index (κ1) is 15.8.